The Morgan fingerprint density at radius 3 is 2.47 bits per heavy atom. The molecule has 0 aliphatic heterocycles. The first-order chi connectivity index (χ1) is 7.31. The normalized spacial score (nSPS) is 13.0. The summed E-state index contributed by atoms with van der Waals surface area (Å²) in [6.45, 7) is 1.68. The Labute approximate surface area is 99.7 Å². The van der Waals surface area contributed by atoms with Crippen molar-refractivity contribution in [3.05, 3.63) is 0 Å². The molecule has 92 valence electrons. The van der Waals surface area contributed by atoms with Crippen LogP contribution in [-0.4, -0.2) is 54.7 Å². The van der Waals surface area contributed by atoms with Crippen molar-refractivity contribution >= 4 is 15.9 Å². The van der Waals surface area contributed by atoms with Gasteiger partial charge in [-0.2, -0.15) is 0 Å². The highest BCUT2D eigenvalue weighted by Crippen LogP contribution is 2.03. The second kappa shape index (κ2) is 12.4. The van der Waals surface area contributed by atoms with Crippen LogP contribution in [-0.2, 0) is 9.47 Å². The quantitative estimate of drug-likeness (QED) is 0.438. The summed E-state index contributed by atoms with van der Waals surface area (Å²) in [6, 6.07) is 0. The maximum Gasteiger partial charge on any atom is 0.0773 e. The van der Waals surface area contributed by atoms with Gasteiger partial charge in [-0.15, -0.1) is 0 Å². The van der Waals surface area contributed by atoms with E-state index in [1.165, 1.54) is 0 Å². The fraction of sp³-hybridized carbons (Fsp3) is 1.00. The van der Waals surface area contributed by atoms with Gasteiger partial charge < -0.3 is 19.7 Å². The van der Waals surface area contributed by atoms with Crippen LogP contribution >= 0.6 is 15.9 Å². The molecule has 0 aliphatic rings. The molecule has 2 N–H and O–H groups in total. The van der Waals surface area contributed by atoms with Crippen LogP contribution in [0.2, 0.25) is 0 Å². The second-order valence-corrected chi connectivity index (χ2v) is 4.04. The average molecular weight is 285 g/mol. The van der Waals surface area contributed by atoms with Crippen LogP contribution < -0.4 is 0 Å². The lowest BCUT2D eigenvalue weighted by molar-refractivity contribution is -0.00451. The monoisotopic (exact) mass is 284 g/mol. The van der Waals surface area contributed by atoms with Crippen molar-refractivity contribution in [2.75, 3.05) is 38.4 Å². The standard InChI is InChI=1S/C10H21BrO4/c11-4-2-1-3-10(13)9-15-8-7-14-6-5-12/h10,12-13H,1-9H2. The molecule has 1 unspecified atom stereocenters. The van der Waals surface area contributed by atoms with Gasteiger partial charge in [0.05, 0.1) is 39.1 Å². The Hall–Kier alpha value is 0.320. The molecule has 0 aromatic carbocycles. The van der Waals surface area contributed by atoms with Crippen molar-refractivity contribution in [2.24, 2.45) is 0 Å². The lowest BCUT2D eigenvalue weighted by Gasteiger charge is -2.10. The van der Waals surface area contributed by atoms with Crippen LogP contribution in [0.4, 0.5) is 0 Å². The molecule has 0 fully saturated rings. The van der Waals surface area contributed by atoms with Gasteiger partial charge in [-0.05, 0) is 19.3 Å². The zero-order valence-electron chi connectivity index (χ0n) is 9.03. The van der Waals surface area contributed by atoms with E-state index in [0.717, 1.165) is 24.6 Å². The largest absolute Gasteiger partial charge is 0.394 e. The molecule has 0 radical (unpaired) electrons. The van der Waals surface area contributed by atoms with Crippen LogP contribution in [0.1, 0.15) is 19.3 Å². The van der Waals surface area contributed by atoms with Crippen LogP contribution in [0.5, 0.6) is 0 Å². The van der Waals surface area contributed by atoms with Gasteiger partial charge in [0.2, 0.25) is 0 Å². The van der Waals surface area contributed by atoms with Crippen LogP contribution in [0.25, 0.3) is 0 Å². The van der Waals surface area contributed by atoms with Crippen molar-refractivity contribution in [3.8, 4) is 0 Å². The summed E-state index contributed by atoms with van der Waals surface area (Å²) in [7, 11) is 0. The van der Waals surface area contributed by atoms with E-state index < -0.39 is 0 Å². The molecule has 0 amide bonds. The Balaban J connectivity index is 3.06. The smallest absolute Gasteiger partial charge is 0.0773 e. The van der Waals surface area contributed by atoms with E-state index >= 15 is 0 Å². The third-order valence-electron chi connectivity index (χ3n) is 1.84. The number of hydrogen-bond acceptors (Lipinski definition) is 4. The molecule has 0 bridgehead atoms. The molecule has 0 saturated carbocycles. The molecule has 0 aromatic rings. The van der Waals surface area contributed by atoms with E-state index in [9.17, 15) is 5.11 Å². The summed E-state index contributed by atoms with van der Waals surface area (Å²) in [4.78, 5) is 0. The Kier molecular flexibility index (Phi) is 12.7. The SMILES string of the molecule is OCCOCCOCC(O)CCCCBr. The van der Waals surface area contributed by atoms with Gasteiger partial charge in [0, 0.05) is 5.33 Å². The number of rotatable bonds is 11. The number of alkyl halides is 1. The summed E-state index contributed by atoms with van der Waals surface area (Å²) >= 11 is 3.34. The molecule has 0 spiro atoms. The summed E-state index contributed by atoms with van der Waals surface area (Å²) in [5.74, 6) is 0. The highest BCUT2D eigenvalue weighted by molar-refractivity contribution is 9.09. The number of aliphatic hydroxyl groups is 2. The van der Waals surface area contributed by atoms with Crippen LogP contribution in [0.15, 0.2) is 0 Å². The summed E-state index contributed by atoms with van der Waals surface area (Å²) in [6.07, 6.45) is 2.50. The maximum absolute atomic E-state index is 9.46. The molecule has 0 rings (SSSR count). The lowest BCUT2D eigenvalue weighted by atomic mass is 10.2. The Morgan fingerprint density at radius 1 is 1.07 bits per heavy atom. The molecule has 1 atom stereocenters. The zero-order chi connectivity index (χ0) is 11.4. The molecule has 0 aliphatic carbocycles. The van der Waals surface area contributed by atoms with Crippen molar-refractivity contribution in [1.29, 1.82) is 0 Å². The molecule has 0 saturated heterocycles. The fourth-order valence-electron chi connectivity index (χ4n) is 1.06. The number of hydrogen-bond donors (Lipinski definition) is 2. The first kappa shape index (κ1) is 15.3. The van der Waals surface area contributed by atoms with Gasteiger partial charge in [-0.25, -0.2) is 0 Å². The summed E-state index contributed by atoms with van der Waals surface area (Å²) in [5.41, 5.74) is 0. The van der Waals surface area contributed by atoms with Crippen molar-refractivity contribution < 1.29 is 19.7 Å². The number of ether oxygens (including phenoxy) is 2. The van der Waals surface area contributed by atoms with Gasteiger partial charge in [0.15, 0.2) is 0 Å². The molecule has 0 heterocycles. The van der Waals surface area contributed by atoms with Crippen LogP contribution in [0.3, 0.4) is 0 Å². The molecule has 0 aromatic heterocycles. The van der Waals surface area contributed by atoms with Gasteiger partial charge in [-0.3, -0.25) is 0 Å². The topological polar surface area (TPSA) is 58.9 Å². The minimum atomic E-state index is -0.373. The first-order valence-corrected chi connectivity index (χ1v) is 6.43. The second-order valence-electron chi connectivity index (χ2n) is 3.25. The van der Waals surface area contributed by atoms with Crippen LogP contribution in [0, 0.1) is 0 Å². The van der Waals surface area contributed by atoms with E-state index in [-0.39, 0.29) is 12.7 Å². The van der Waals surface area contributed by atoms with Crippen molar-refractivity contribution in [3.63, 3.8) is 0 Å². The average Bonchev–Trinajstić information content (AvgIpc) is 2.23. The number of unbranched alkanes of at least 4 members (excludes halogenated alkanes) is 1. The molecular formula is C10H21BrO4. The minimum Gasteiger partial charge on any atom is -0.394 e. The third-order valence-corrected chi connectivity index (χ3v) is 2.40. The van der Waals surface area contributed by atoms with Gasteiger partial charge in [0.1, 0.15) is 0 Å². The summed E-state index contributed by atoms with van der Waals surface area (Å²) < 4.78 is 10.2. The molecule has 15 heavy (non-hydrogen) atoms. The zero-order valence-corrected chi connectivity index (χ0v) is 10.6. The Morgan fingerprint density at radius 2 is 1.80 bits per heavy atom. The Bertz CT molecular complexity index is 124. The van der Waals surface area contributed by atoms with E-state index in [4.69, 9.17) is 14.6 Å². The van der Waals surface area contributed by atoms with Gasteiger partial charge in [0.25, 0.3) is 0 Å². The predicted octanol–water partition coefficient (Wildman–Crippen LogP) is 0.938. The van der Waals surface area contributed by atoms with E-state index in [2.05, 4.69) is 15.9 Å². The molecular weight excluding hydrogens is 264 g/mol. The highest BCUT2D eigenvalue weighted by Gasteiger charge is 2.03. The van der Waals surface area contributed by atoms with E-state index in [1.807, 2.05) is 0 Å². The van der Waals surface area contributed by atoms with Crippen molar-refractivity contribution in [1.82, 2.24) is 0 Å². The maximum atomic E-state index is 9.46. The number of aliphatic hydroxyl groups excluding tert-OH is 2. The van der Waals surface area contributed by atoms with E-state index in [0.29, 0.717) is 26.4 Å². The minimum absolute atomic E-state index is 0.0369. The third kappa shape index (κ3) is 12.3. The summed E-state index contributed by atoms with van der Waals surface area (Å²) in [5, 5.41) is 18.9. The van der Waals surface area contributed by atoms with Gasteiger partial charge >= 0.3 is 0 Å². The first-order valence-electron chi connectivity index (χ1n) is 5.31. The molecule has 4 nitrogen and oxygen atoms in total. The molecule has 5 heteroatoms. The van der Waals surface area contributed by atoms with E-state index in [1.54, 1.807) is 0 Å². The van der Waals surface area contributed by atoms with Gasteiger partial charge in [-0.1, -0.05) is 15.9 Å². The highest BCUT2D eigenvalue weighted by atomic mass is 79.9. The fourth-order valence-corrected chi connectivity index (χ4v) is 1.46. The lowest BCUT2D eigenvalue weighted by Crippen LogP contribution is -2.17. The van der Waals surface area contributed by atoms with Crippen molar-refractivity contribution in [2.45, 2.75) is 25.4 Å². The predicted molar refractivity (Wildman–Crippen MR) is 62.4 cm³/mol. The number of halogens is 1.